The minimum Gasteiger partial charge on any atom is -0.309 e. The van der Waals surface area contributed by atoms with Crippen LogP contribution in [0.5, 0.6) is 0 Å². The van der Waals surface area contributed by atoms with E-state index in [-0.39, 0.29) is 0 Å². The lowest BCUT2D eigenvalue weighted by atomic mass is 10.1. The summed E-state index contributed by atoms with van der Waals surface area (Å²) in [5.41, 5.74) is 10.6. The SMILES string of the molecule is c1ccc(-n2c3ccccc3c3ccc(-n4c5ccc(-n6c7ccccc7c7ccccc76)cc5c5cccc([Si](c6ccccc6)(c6ccccc6)c6ccccc6)c54)cc32)cc1. The van der Waals surface area contributed by atoms with Gasteiger partial charge in [-0.1, -0.05) is 188 Å². The maximum absolute atomic E-state index is 3.01. The van der Waals surface area contributed by atoms with Gasteiger partial charge in [0.25, 0.3) is 0 Å². The van der Waals surface area contributed by atoms with E-state index in [1.54, 1.807) is 0 Å². The Bertz CT molecular complexity index is 3730. The number of fused-ring (bicyclic) bond motifs is 9. The molecule has 3 aromatic heterocycles. The van der Waals surface area contributed by atoms with E-state index in [9.17, 15) is 0 Å². The molecule has 0 radical (unpaired) electrons. The Balaban J connectivity index is 1.20. The molecule has 0 fully saturated rings. The summed E-state index contributed by atoms with van der Waals surface area (Å²) in [6.45, 7) is 0. The lowest BCUT2D eigenvalue weighted by molar-refractivity contribution is 1.15. The van der Waals surface area contributed by atoms with E-state index in [0.29, 0.717) is 0 Å². The Morgan fingerprint density at radius 1 is 0.234 bits per heavy atom. The highest BCUT2D eigenvalue weighted by Gasteiger charge is 2.43. The second kappa shape index (κ2) is 14.5. The Labute approximate surface area is 372 Å². The molecule has 0 amide bonds. The van der Waals surface area contributed by atoms with Gasteiger partial charge in [0.2, 0.25) is 0 Å². The van der Waals surface area contributed by atoms with Gasteiger partial charge in [-0.2, -0.15) is 0 Å². The van der Waals surface area contributed by atoms with Crippen LogP contribution in [0.15, 0.2) is 249 Å². The molecule has 4 heteroatoms. The third-order valence-electron chi connectivity index (χ3n) is 13.6. The first-order valence-electron chi connectivity index (χ1n) is 22.1. The first-order valence-corrected chi connectivity index (χ1v) is 24.1. The van der Waals surface area contributed by atoms with Crippen molar-refractivity contribution in [3.63, 3.8) is 0 Å². The van der Waals surface area contributed by atoms with Crippen molar-refractivity contribution in [2.45, 2.75) is 0 Å². The fourth-order valence-corrected chi connectivity index (χ4v) is 15.9. The van der Waals surface area contributed by atoms with Gasteiger partial charge in [0.15, 0.2) is 8.07 Å². The van der Waals surface area contributed by atoms with Crippen LogP contribution in [-0.4, -0.2) is 21.8 Å². The fraction of sp³-hybridized carbons (Fsp3) is 0. The molecular formula is C60H41N3Si. The van der Waals surface area contributed by atoms with Crippen LogP contribution >= 0.6 is 0 Å². The minimum absolute atomic E-state index is 1.13. The normalized spacial score (nSPS) is 12.1. The van der Waals surface area contributed by atoms with E-state index in [2.05, 4.69) is 262 Å². The average Bonchev–Trinajstić information content (AvgIpc) is 4.01. The topological polar surface area (TPSA) is 14.8 Å². The van der Waals surface area contributed by atoms with E-state index in [0.717, 1.165) is 17.1 Å². The van der Waals surface area contributed by atoms with Gasteiger partial charge in [-0.3, -0.25) is 0 Å². The number of para-hydroxylation sites is 5. The molecule has 10 aromatic carbocycles. The molecule has 300 valence electrons. The first-order chi connectivity index (χ1) is 31.8. The summed E-state index contributed by atoms with van der Waals surface area (Å²) < 4.78 is 7.46. The highest BCUT2D eigenvalue weighted by Crippen LogP contribution is 2.39. The monoisotopic (exact) mass is 831 g/mol. The minimum atomic E-state index is -3.01. The van der Waals surface area contributed by atoms with Gasteiger partial charge in [-0.05, 0) is 81.4 Å². The largest absolute Gasteiger partial charge is 0.309 e. The van der Waals surface area contributed by atoms with Crippen molar-refractivity contribution in [2.24, 2.45) is 0 Å². The maximum atomic E-state index is 2.58. The third kappa shape index (κ3) is 5.27. The summed E-state index contributed by atoms with van der Waals surface area (Å²) >= 11 is 0. The number of hydrogen-bond donors (Lipinski definition) is 0. The van der Waals surface area contributed by atoms with Crippen LogP contribution in [-0.2, 0) is 0 Å². The molecule has 13 rings (SSSR count). The van der Waals surface area contributed by atoms with Crippen molar-refractivity contribution in [3.05, 3.63) is 249 Å². The van der Waals surface area contributed by atoms with E-state index in [4.69, 9.17) is 0 Å². The number of aromatic nitrogens is 3. The van der Waals surface area contributed by atoms with Crippen LogP contribution in [0.25, 0.3) is 82.5 Å². The summed E-state index contributed by atoms with van der Waals surface area (Å²) in [5.74, 6) is 0. The van der Waals surface area contributed by atoms with Crippen LogP contribution in [0.4, 0.5) is 0 Å². The third-order valence-corrected chi connectivity index (χ3v) is 18.4. The van der Waals surface area contributed by atoms with Gasteiger partial charge in [0.05, 0.1) is 33.1 Å². The van der Waals surface area contributed by atoms with E-state index >= 15 is 0 Å². The van der Waals surface area contributed by atoms with E-state index < -0.39 is 8.07 Å². The number of benzene rings is 10. The van der Waals surface area contributed by atoms with Crippen LogP contribution in [0.1, 0.15) is 0 Å². The van der Waals surface area contributed by atoms with Gasteiger partial charge in [0.1, 0.15) is 0 Å². The summed E-state index contributed by atoms with van der Waals surface area (Å²) in [7, 11) is -3.01. The second-order valence-electron chi connectivity index (χ2n) is 16.8. The number of rotatable bonds is 7. The Morgan fingerprint density at radius 2 is 0.641 bits per heavy atom. The van der Waals surface area contributed by atoms with Crippen molar-refractivity contribution >= 4 is 94.2 Å². The summed E-state index contributed by atoms with van der Waals surface area (Å²) in [5, 5.41) is 12.9. The Kier molecular flexibility index (Phi) is 8.23. The quantitative estimate of drug-likeness (QED) is 0.112. The molecule has 64 heavy (non-hydrogen) atoms. The summed E-state index contributed by atoms with van der Waals surface area (Å²) in [6.07, 6.45) is 0. The molecule has 0 aliphatic heterocycles. The van der Waals surface area contributed by atoms with Gasteiger partial charge < -0.3 is 13.7 Å². The predicted octanol–water partition coefficient (Wildman–Crippen LogP) is 12.4. The highest BCUT2D eigenvalue weighted by atomic mass is 28.3. The molecule has 0 aliphatic rings. The van der Waals surface area contributed by atoms with Gasteiger partial charge >= 0.3 is 0 Å². The lowest BCUT2D eigenvalue weighted by Gasteiger charge is -2.35. The smallest absolute Gasteiger partial charge is 0.181 e. The highest BCUT2D eigenvalue weighted by molar-refractivity contribution is 7.20. The summed E-state index contributed by atoms with van der Waals surface area (Å²) in [4.78, 5) is 0. The molecule has 0 saturated heterocycles. The van der Waals surface area contributed by atoms with Crippen LogP contribution in [0.3, 0.4) is 0 Å². The molecule has 0 bridgehead atoms. The predicted molar refractivity (Wildman–Crippen MR) is 273 cm³/mol. The van der Waals surface area contributed by atoms with E-state index in [1.165, 1.54) is 86.2 Å². The van der Waals surface area contributed by atoms with Crippen molar-refractivity contribution in [1.29, 1.82) is 0 Å². The van der Waals surface area contributed by atoms with Crippen molar-refractivity contribution in [3.8, 4) is 17.1 Å². The van der Waals surface area contributed by atoms with Crippen LogP contribution in [0, 0.1) is 0 Å². The first kappa shape index (κ1) is 36.5. The molecule has 0 saturated carbocycles. The molecule has 0 N–H and O–H groups in total. The Hall–Kier alpha value is -8.18. The molecule has 3 nitrogen and oxygen atoms in total. The van der Waals surface area contributed by atoms with Gasteiger partial charge in [-0.15, -0.1) is 0 Å². The Morgan fingerprint density at radius 3 is 1.19 bits per heavy atom. The van der Waals surface area contributed by atoms with Crippen molar-refractivity contribution in [1.82, 2.24) is 13.7 Å². The molecule has 0 spiro atoms. The standard InChI is InChI=1S/C60H41N3Si/c1-5-20-42(21-6-1)61-54-32-16-15-30-50(54)51-38-36-44(41-58(51)61)63-57-39-37-43(62-55-33-17-13-28-48(55)49-29-14-18-34-56(49)62)40-53(57)52-31-19-35-59(60(52)63)64(45-22-7-2-8-23-45,46-24-9-3-10-25-46)47-26-11-4-12-27-47/h1-41H. The lowest BCUT2D eigenvalue weighted by Crippen LogP contribution is -2.75. The molecule has 0 atom stereocenters. The molecule has 3 heterocycles. The van der Waals surface area contributed by atoms with Crippen LogP contribution < -0.4 is 20.7 Å². The van der Waals surface area contributed by atoms with Crippen molar-refractivity contribution in [2.75, 3.05) is 0 Å². The van der Waals surface area contributed by atoms with E-state index in [1.807, 2.05) is 0 Å². The molecule has 13 aromatic rings. The second-order valence-corrected chi connectivity index (χ2v) is 20.6. The zero-order valence-electron chi connectivity index (χ0n) is 35.0. The van der Waals surface area contributed by atoms with Gasteiger partial charge in [-0.25, -0.2) is 0 Å². The molecular weight excluding hydrogens is 791 g/mol. The molecule has 0 aliphatic carbocycles. The van der Waals surface area contributed by atoms with Gasteiger partial charge in [0, 0.05) is 49.4 Å². The summed E-state index contributed by atoms with van der Waals surface area (Å²) in [6, 6.07) is 92.4. The van der Waals surface area contributed by atoms with Crippen molar-refractivity contribution < 1.29 is 0 Å². The maximum Gasteiger partial charge on any atom is 0.181 e. The fourth-order valence-electron chi connectivity index (χ4n) is 11.0. The van der Waals surface area contributed by atoms with Crippen LogP contribution in [0.2, 0.25) is 0 Å². The number of nitrogens with zero attached hydrogens (tertiary/aromatic N) is 3. The number of hydrogen-bond acceptors (Lipinski definition) is 0. The zero-order chi connectivity index (χ0) is 42.2. The zero-order valence-corrected chi connectivity index (χ0v) is 36.0. The average molecular weight is 832 g/mol. The molecule has 0 unspecified atom stereocenters.